The topological polar surface area (TPSA) is 40.5 Å². The first kappa shape index (κ1) is 19.4. The van der Waals surface area contributed by atoms with Crippen LogP contribution in [0.15, 0.2) is 70.5 Å². The Morgan fingerprint density at radius 2 is 1.71 bits per heavy atom. The van der Waals surface area contributed by atoms with Crippen molar-refractivity contribution in [2.75, 3.05) is 6.54 Å². The van der Waals surface area contributed by atoms with Crippen LogP contribution >= 0.6 is 27.3 Å². The standard InChI is InChI=1S/C23H22BrNO2S/c24-21-14-13-20(28-21)22(25-15-5-4-8-19(25)23(26)27)18-11-9-17(10-12-18)16-6-2-1-3-7-16/h1-3,6-7,9-14,19,22H,4-5,8,15H2,(H,26,27). The molecule has 0 amide bonds. The van der Waals surface area contributed by atoms with Gasteiger partial charge in [0.1, 0.15) is 6.04 Å². The van der Waals surface area contributed by atoms with Crippen LogP contribution in [0.5, 0.6) is 0 Å². The summed E-state index contributed by atoms with van der Waals surface area (Å²) in [4.78, 5) is 15.3. The van der Waals surface area contributed by atoms with Crippen molar-refractivity contribution >= 4 is 33.2 Å². The molecule has 4 rings (SSSR count). The van der Waals surface area contributed by atoms with Gasteiger partial charge in [0.25, 0.3) is 0 Å². The zero-order valence-corrected chi connectivity index (χ0v) is 17.8. The number of aliphatic carboxylic acids is 1. The molecule has 5 heteroatoms. The highest BCUT2D eigenvalue weighted by Crippen LogP contribution is 2.39. The zero-order chi connectivity index (χ0) is 19.5. The number of carbonyl (C=O) groups is 1. The second-order valence-corrected chi connectivity index (χ2v) is 9.61. The van der Waals surface area contributed by atoms with Crippen LogP contribution in [-0.4, -0.2) is 28.6 Å². The zero-order valence-electron chi connectivity index (χ0n) is 15.4. The van der Waals surface area contributed by atoms with E-state index in [-0.39, 0.29) is 6.04 Å². The number of piperidine rings is 1. The summed E-state index contributed by atoms with van der Waals surface area (Å²) in [7, 11) is 0. The minimum absolute atomic E-state index is 0.0393. The van der Waals surface area contributed by atoms with E-state index in [2.05, 4.69) is 63.3 Å². The number of hydrogen-bond acceptors (Lipinski definition) is 3. The van der Waals surface area contributed by atoms with Crippen molar-refractivity contribution in [1.82, 2.24) is 4.90 Å². The van der Waals surface area contributed by atoms with E-state index in [1.807, 2.05) is 24.3 Å². The molecule has 0 bridgehead atoms. The van der Waals surface area contributed by atoms with Crippen molar-refractivity contribution in [3.05, 3.63) is 81.0 Å². The Morgan fingerprint density at radius 1 is 1.00 bits per heavy atom. The summed E-state index contributed by atoms with van der Waals surface area (Å²) in [6.07, 6.45) is 2.72. The largest absolute Gasteiger partial charge is 0.480 e. The summed E-state index contributed by atoms with van der Waals surface area (Å²) in [5.41, 5.74) is 3.50. The predicted molar refractivity (Wildman–Crippen MR) is 118 cm³/mol. The molecule has 1 aromatic heterocycles. The number of benzene rings is 2. The van der Waals surface area contributed by atoms with Gasteiger partial charge in [-0.2, -0.15) is 0 Å². The second kappa shape index (κ2) is 8.60. The van der Waals surface area contributed by atoms with E-state index in [0.717, 1.165) is 28.7 Å². The van der Waals surface area contributed by atoms with Crippen molar-refractivity contribution in [2.45, 2.75) is 31.3 Å². The lowest BCUT2D eigenvalue weighted by molar-refractivity contribution is -0.145. The molecule has 1 aliphatic rings. The minimum atomic E-state index is -0.721. The summed E-state index contributed by atoms with van der Waals surface area (Å²) in [6, 6.07) is 22.6. The quantitative estimate of drug-likeness (QED) is 0.497. The Bertz CT molecular complexity index is 939. The fourth-order valence-electron chi connectivity index (χ4n) is 4.01. The average molecular weight is 456 g/mol. The highest BCUT2D eigenvalue weighted by Gasteiger charge is 2.35. The van der Waals surface area contributed by atoms with Crippen LogP contribution in [0.1, 0.15) is 35.7 Å². The average Bonchev–Trinajstić information content (AvgIpc) is 3.15. The number of thiophene rings is 1. The molecule has 1 aliphatic heterocycles. The van der Waals surface area contributed by atoms with Crippen molar-refractivity contribution in [3.8, 4) is 11.1 Å². The first-order valence-corrected chi connectivity index (χ1v) is 11.1. The molecule has 2 unspecified atom stereocenters. The van der Waals surface area contributed by atoms with E-state index in [4.69, 9.17) is 0 Å². The Morgan fingerprint density at radius 3 is 2.36 bits per heavy atom. The van der Waals surface area contributed by atoms with Crippen molar-refractivity contribution in [3.63, 3.8) is 0 Å². The summed E-state index contributed by atoms with van der Waals surface area (Å²) in [5, 5.41) is 9.80. The van der Waals surface area contributed by atoms with Gasteiger partial charge in [0.2, 0.25) is 0 Å². The van der Waals surface area contributed by atoms with E-state index in [1.165, 1.54) is 16.0 Å². The Hall–Kier alpha value is -1.95. The van der Waals surface area contributed by atoms with E-state index in [0.29, 0.717) is 6.42 Å². The molecule has 2 heterocycles. The van der Waals surface area contributed by atoms with E-state index < -0.39 is 12.0 Å². The summed E-state index contributed by atoms with van der Waals surface area (Å²) in [5.74, 6) is -0.721. The lowest BCUT2D eigenvalue weighted by Crippen LogP contribution is -2.46. The van der Waals surface area contributed by atoms with Crippen LogP contribution in [0.2, 0.25) is 0 Å². The fraction of sp³-hybridized carbons (Fsp3) is 0.261. The molecule has 2 atom stereocenters. The third kappa shape index (κ3) is 4.07. The normalized spacial score (nSPS) is 18.7. The molecule has 0 radical (unpaired) electrons. The molecule has 0 saturated carbocycles. The van der Waals surface area contributed by atoms with Crippen molar-refractivity contribution < 1.29 is 9.90 Å². The van der Waals surface area contributed by atoms with Crippen molar-refractivity contribution in [1.29, 1.82) is 0 Å². The molecule has 1 N–H and O–H groups in total. The van der Waals surface area contributed by atoms with Gasteiger partial charge < -0.3 is 5.11 Å². The third-order valence-corrected chi connectivity index (χ3v) is 7.03. The van der Waals surface area contributed by atoms with E-state index in [1.54, 1.807) is 11.3 Å². The van der Waals surface area contributed by atoms with E-state index in [9.17, 15) is 9.90 Å². The van der Waals surface area contributed by atoms with Gasteiger partial charge in [0.15, 0.2) is 0 Å². The molecule has 0 spiro atoms. The van der Waals surface area contributed by atoms with Gasteiger partial charge in [-0.3, -0.25) is 9.69 Å². The molecule has 1 saturated heterocycles. The smallest absolute Gasteiger partial charge is 0.320 e. The lowest BCUT2D eigenvalue weighted by Gasteiger charge is -2.39. The molecule has 1 fully saturated rings. The number of halogens is 1. The Balaban J connectivity index is 1.72. The van der Waals surface area contributed by atoms with Gasteiger partial charge in [0, 0.05) is 4.88 Å². The number of rotatable bonds is 5. The minimum Gasteiger partial charge on any atom is -0.480 e. The maximum atomic E-state index is 11.9. The van der Waals surface area contributed by atoms with Gasteiger partial charge in [-0.15, -0.1) is 11.3 Å². The summed E-state index contributed by atoms with van der Waals surface area (Å²) >= 11 is 5.25. The SMILES string of the molecule is O=C(O)C1CCCCN1C(c1ccc(-c2ccccc2)cc1)c1ccc(Br)s1. The molecule has 0 aliphatic carbocycles. The number of likely N-dealkylation sites (tertiary alicyclic amines) is 1. The second-order valence-electron chi connectivity index (χ2n) is 7.12. The molecular weight excluding hydrogens is 434 g/mol. The van der Waals surface area contributed by atoms with Gasteiger partial charge in [-0.25, -0.2) is 0 Å². The molecule has 144 valence electrons. The van der Waals surface area contributed by atoms with Crippen molar-refractivity contribution in [2.24, 2.45) is 0 Å². The molecular formula is C23H22BrNO2S. The Kier molecular flexibility index (Phi) is 5.95. The van der Waals surface area contributed by atoms with Crippen LogP contribution in [-0.2, 0) is 4.79 Å². The highest BCUT2D eigenvalue weighted by atomic mass is 79.9. The van der Waals surface area contributed by atoms with Crippen LogP contribution in [0.3, 0.4) is 0 Å². The number of carboxylic acids is 1. The number of nitrogens with zero attached hydrogens (tertiary/aromatic N) is 1. The van der Waals surface area contributed by atoms with Gasteiger partial charge in [-0.1, -0.05) is 61.0 Å². The monoisotopic (exact) mass is 455 g/mol. The lowest BCUT2D eigenvalue weighted by atomic mass is 9.94. The maximum Gasteiger partial charge on any atom is 0.320 e. The van der Waals surface area contributed by atoms with Gasteiger partial charge in [0.05, 0.1) is 9.83 Å². The van der Waals surface area contributed by atoms with Gasteiger partial charge in [-0.05, 0) is 64.1 Å². The number of carboxylic acid groups (broad SMARTS) is 1. The molecule has 3 nitrogen and oxygen atoms in total. The Labute approximate surface area is 177 Å². The third-order valence-electron chi connectivity index (χ3n) is 5.36. The predicted octanol–water partition coefficient (Wildman–Crippen LogP) is 6.21. The number of hydrogen-bond donors (Lipinski definition) is 1. The van der Waals surface area contributed by atoms with Crippen LogP contribution in [0.25, 0.3) is 11.1 Å². The summed E-state index contributed by atoms with van der Waals surface area (Å²) in [6.45, 7) is 0.803. The first-order chi connectivity index (χ1) is 13.6. The maximum absolute atomic E-state index is 11.9. The van der Waals surface area contributed by atoms with Crippen LogP contribution in [0, 0.1) is 0 Å². The molecule has 3 aromatic rings. The first-order valence-electron chi connectivity index (χ1n) is 9.52. The van der Waals surface area contributed by atoms with Gasteiger partial charge >= 0.3 is 5.97 Å². The summed E-state index contributed by atoms with van der Waals surface area (Å²) < 4.78 is 1.07. The highest BCUT2D eigenvalue weighted by molar-refractivity contribution is 9.11. The van der Waals surface area contributed by atoms with E-state index >= 15 is 0 Å². The molecule has 2 aromatic carbocycles. The molecule has 28 heavy (non-hydrogen) atoms. The van der Waals surface area contributed by atoms with Crippen LogP contribution in [0.4, 0.5) is 0 Å². The fourth-order valence-corrected chi connectivity index (χ4v) is 5.58. The van der Waals surface area contributed by atoms with Crippen LogP contribution < -0.4 is 0 Å².